The van der Waals surface area contributed by atoms with E-state index in [1.54, 1.807) is 4.52 Å². The minimum atomic E-state index is 0.622. The molecule has 1 N–H and O–H groups in total. The van der Waals surface area contributed by atoms with Gasteiger partial charge < -0.3 is 5.32 Å². The maximum absolute atomic E-state index is 4.49. The molecule has 0 saturated carbocycles. The Morgan fingerprint density at radius 1 is 1.19 bits per heavy atom. The van der Waals surface area contributed by atoms with Crippen molar-refractivity contribution >= 4 is 17.3 Å². The van der Waals surface area contributed by atoms with Crippen LogP contribution in [0.25, 0.3) is 5.78 Å². The van der Waals surface area contributed by atoms with Crippen LogP contribution in [0.15, 0.2) is 24.5 Å². The topological polar surface area (TPSA) is 55.1 Å². The van der Waals surface area contributed by atoms with E-state index >= 15 is 0 Å². The zero-order valence-electron chi connectivity index (χ0n) is 12.8. The molecule has 21 heavy (non-hydrogen) atoms. The van der Waals surface area contributed by atoms with Gasteiger partial charge in [-0.2, -0.15) is 14.6 Å². The summed E-state index contributed by atoms with van der Waals surface area (Å²) in [5.41, 5.74) is 5.70. The lowest BCUT2D eigenvalue weighted by molar-refractivity contribution is 0.903. The van der Waals surface area contributed by atoms with Gasteiger partial charge in [0.25, 0.3) is 5.78 Å². The lowest BCUT2D eigenvalue weighted by Crippen LogP contribution is -2.08. The maximum atomic E-state index is 4.49. The molecule has 0 aliphatic carbocycles. The fourth-order valence-corrected chi connectivity index (χ4v) is 2.62. The Hall–Kier alpha value is -2.43. The number of nitrogens with one attached hydrogen (secondary N) is 1. The molecule has 0 saturated heterocycles. The minimum Gasteiger partial charge on any atom is -0.340 e. The third-order valence-electron chi connectivity index (χ3n) is 3.72. The smallest absolute Gasteiger partial charge is 0.254 e. The van der Waals surface area contributed by atoms with Gasteiger partial charge >= 0.3 is 0 Å². The molecule has 1 aromatic carbocycles. The van der Waals surface area contributed by atoms with E-state index < -0.39 is 0 Å². The highest BCUT2D eigenvalue weighted by molar-refractivity contribution is 5.65. The molecule has 0 fully saturated rings. The van der Waals surface area contributed by atoms with Gasteiger partial charge in [-0.15, -0.1) is 0 Å². The van der Waals surface area contributed by atoms with E-state index in [1.807, 2.05) is 6.92 Å². The van der Waals surface area contributed by atoms with Crippen LogP contribution in [0.2, 0.25) is 0 Å². The zero-order valence-corrected chi connectivity index (χ0v) is 12.8. The van der Waals surface area contributed by atoms with Crippen molar-refractivity contribution in [3.05, 3.63) is 46.9 Å². The molecule has 0 radical (unpaired) electrons. The largest absolute Gasteiger partial charge is 0.340 e. The van der Waals surface area contributed by atoms with E-state index in [4.69, 9.17) is 0 Å². The fourth-order valence-electron chi connectivity index (χ4n) is 2.62. The maximum Gasteiger partial charge on any atom is 0.254 e. The number of fused-ring (bicyclic) bond motifs is 1. The van der Waals surface area contributed by atoms with Gasteiger partial charge in [0, 0.05) is 16.9 Å². The third-order valence-corrected chi connectivity index (χ3v) is 3.72. The van der Waals surface area contributed by atoms with Gasteiger partial charge in [-0.25, -0.2) is 4.98 Å². The van der Waals surface area contributed by atoms with Crippen LogP contribution in [0, 0.1) is 20.8 Å². The van der Waals surface area contributed by atoms with Crippen molar-refractivity contribution in [1.29, 1.82) is 0 Å². The van der Waals surface area contributed by atoms with Gasteiger partial charge in [-0.3, -0.25) is 0 Å². The normalized spacial score (nSPS) is 11.0. The van der Waals surface area contributed by atoms with Gasteiger partial charge in [0.05, 0.1) is 0 Å². The average Bonchev–Trinajstić information content (AvgIpc) is 2.89. The molecular formula is C16H19N5. The lowest BCUT2D eigenvalue weighted by atomic mass is 10.1. The first-order valence-electron chi connectivity index (χ1n) is 7.13. The summed E-state index contributed by atoms with van der Waals surface area (Å²) < 4.78 is 1.77. The Morgan fingerprint density at radius 3 is 2.71 bits per heavy atom. The predicted molar refractivity (Wildman–Crippen MR) is 84.1 cm³/mol. The number of aryl methyl sites for hydroxylation is 3. The first-order chi connectivity index (χ1) is 10.1. The first-order valence-corrected chi connectivity index (χ1v) is 7.13. The number of hydrogen-bond donors (Lipinski definition) is 1. The summed E-state index contributed by atoms with van der Waals surface area (Å²) in [6.07, 6.45) is 2.43. The van der Waals surface area contributed by atoms with Crippen LogP contribution in [0.3, 0.4) is 0 Å². The predicted octanol–water partition coefficient (Wildman–Crippen LogP) is 3.36. The fraction of sp³-hybridized carbons (Fsp3) is 0.312. The SMILES string of the molecule is CCc1c(C)nc2ncnn2c1Nc1ccc(C)cc1C. The molecule has 0 aliphatic heterocycles. The van der Waals surface area contributed by atoms with Crippen LogP contribution >= 0.6 is 0 Å². The summed E-state index contributed by atoms with van der Waals surface area (Å²) in [7, 11) is 0. The highest BCUT2D eigenvalue weighted by atomic mass is 15.4. The third kappa shape index (κ3) is 2.35. The first kappa shape index (κ1) is 13.5. The molecule has 0 unspecified atom stereocenters. The van der Waals surface area contributed by atoms with Gasteiger partial charge in [0.1, 0.15) is 12.1 Å². The summed E-state index contributed by atoms with van der Waals surface area (Å²) in [6.45, 7) is 8.34. The molecule has 2 heterocycles. The van der Waals surface area contributed by atoms with E-state index in [0.29, 0.717) is 5.78 Å². The lowest BCUT2D eigenvalue weighted by Gasteiger charge is -2.16. The Balaban J connectivity index is 2.16. The van der Waals surface area contributed by atoms with Crippen LogP contribution in [0.5, 0.6) is 0 Å². The van der Waals surface area contributed by atoms with E-state index in [0.717, 1.165) is 29.2 Å². The molecule has 0 amide bonds. The molecule has 0 spiro atoms. The zero-order chi connectivity index (χ0) is 15.0. The van der Waals surface area contributed by atoms with Crippen LogP contribution in [0.4, 0.5) is 11.5 Å². The second kappa shape index (κ2) is 5.16. The minimum absolute atomic E-state index is 0.622. The van der Waals surface area contributed by atoms with Gasteiger partial charge in [0.15, 0.2) is 0 Å². The van der Waals surface area contributed by atoms with E-state index in [1.165, 1.54) is 17.5 Å². The Morgan fingerprint density at radius 2 is 2.00 bits per heavy atom. The standard InChI is InChI=1S/C16H19N5/c1-5-13-12(4)19-16-17-9-18-21(16)15(13)20-14-7-6-10(2)8-11(14)3/h6-9,20H,5H2,1-4H3. The summed E-state index contributed by atoms with van der Waals surface area (Å²) in [5, 5.41) is 7.80. The number of anilines is 2. The Bertz CT molecular complexity index is 804. The second-order valence-electron chi connectivity index (χ2n) is 5.29. The highest BCUT2D eigenvalue weighted by Crippen LogP contribution is 2.26. The molecule has 0 bridgehead atoms. The van der Waals surface area contributed by atoms with Crippen molar-refractivity contribution in [3.8, 4) is 0 Å². The van der Waals surface area contributed by atoms with Crippen molar-refractivity contribution in [2.24, 2.45) is 0 Å². The number of hydrogen-bond acceptors (Lipinski definition) is 4. The number of aromatic nitrogens is 4. The van der Waals surface area contributed by atoms with Crippen LogP contribution in [-0.4, -0.2) is 19.6 Å². The van der Waals surface area contributed by atoms with Crippen LogP contribution < -0.4 is 5.32 Å². The molecule has 5 heteroatoms. The summed E-state index contributed by atoms with van der Waals surface area (Å²) in [4.78, 5) is 8.69. The molecule has 5 nitrogen and oxygen atoms in total. The molecule has 0 aliphatic rings. The average molecular weight is 281 g/mol. The number of benzene rings is 1. The molecule has 3 aromatic rings. The quantitative estimate of drug-likeness (QED) is 0.800. The van der Waals surface area contributed by atoms with Crippen molar-refractivity contribution < 1.29 is 0 Å². The molecule has 2 aromatic heterocycles. The van der Waals surface area contributed by atoms with Crippen molar-refractivity contribution in [2.45, 2.75) is 34.1 Å². The summed E-state index contributed by atoms with van der Waals surface area (Å²) in [5.74, 6) is 1.57. The van der Waals surface area contributed by atoms with Crippen molar-refractivity contribution in [3.63, 3.8) is 0 Å². The van der Waals surface area contributed by atoms with Gasteiger partial charge in [-0.05, 0) is 38.8 Å². The Kier molecular flexibility index (Phi) is 3.33. The van der Waals surface area contributed by atoms with Crippen LogP contribution in [-0.2, 0) is 6.42 Å². The number of nitrogens with zero attached hydrogens (tertiary/aromatic N) is 4. The van der Waals surface area contributed by atoms with Crippen LogP contribution in [0.1, 0.15) is 29.3 Å². The van der Waals surface area contributed by atoms with E-state index in [2.05, 4.69) is 59.4 Å². The molecule has 108 valence electrons. The molecule has 0 atom stereocenters. The molecule has 3 rings (SSSR count). The van der Waals surface area contributed by atoms with Gasteiger partial charge in [-0.1, -0.05) is 24.6 Å². The monoisotopic (exact) mass is 281 g/mol. The summed E-state index contributed by atoms with van der Waals surface area (Å²) in [6, 6.07) is 6.37. The second-order valence-corrected chi connectivity index (χ2v) is 5.29. The Labute approximate surface area is 124 Å². The number of rotatable bonds is 3. The van der Waals surface area contributed by atoms with Crippen molar-refractivity contribution in [2.75, 3.05) is 5.32 Å². The molecular weight excluding hydrogens is 262 g/mol. The van der Waals surface area contributed by atoms with Crippen molar-refractivity contribution in [1.82, 2.24) is 19.6 Å². The van der Waals surface area contributed by atoms with E-state index in [-0.39, 0.29) is 0 Å². The van der Waals surface area contributed by atoms with Gasteiger partial charge in [0.2, 0.25) is 0 Å². The van der Waals surface area contributed by atoms with E-state index in [9.17, 15) is 0 Å². The summed E-state index contributed by atoms with van der Waals surface area (Å²) >= 11 is 0. The highest BCUT2D eigenvalue weighted by Gasteiger charge is 2.13.